The molecule has 2 N–H and O–H groups in total. The van der Waals surface area contributed by atoms with Crippen molar-refractivity contribution in [1.82, 2.24) is 4.98 Å². The van der Waals surface area contributed by atoms with Crippen LogP contribution in [0, 0.1) is 6.92 Å². The van der Waals surface area contributed by atoms with Crippen LogP contribution in [0.1, 0.15) is 30.6 Å². The van der Waals surface area contributed by atoms with Crippen molar-refractivity contribution in [3.8, 4) is 11.5 Å². The Hall–Kier alpha value is -2.08. The van der Waals surface area contributed by atoms with E-state index in [0.717, 1.165) is 5.69 Å². The van der Waals surface area contributed by atoms with E-state index in [4.69, 9.17) is 13.8 Å². The summed E-state index contributed by atoms with van der Waals surface area (Å²) < 4.78 is 30.0. The second kappa shape index (κ2) is 9.74. The van der Waals surface area contributed by atoms with Gasteiger partial charge >= 0.3 is 7.60 Å². The number of hydrogen-bond acceptors (Lipinski definition) is 7. The van der Waals surface area contributed by atoms with E-state index in [1.54, 1.807) is 45.3 Å². The molecule has 2 aromatic rings. The number of methoxy groups -OCH3 is 1. The molecule has 8 heteroatoms. The molecule has 0 saturated carbocycles. The first-order valence-corrected chi connectivity index (χ1v) is 10.5. The van der Waals surface area contributed by atoms with Gasteiger partial charge in [-0.25, -0.2) is 0 Å². The zero-order chi connectivity index (χ0) is 19.9. The topological polar surface area (TPSA) is 89.9 Å². The summed E-state index contributed by atoms with van der Waals surface area (Å²) in [5, 5.41) is 13.4. The zero-order valence-electron chi connectivity index (χ0n) is 16.1. The Morgan fingerprint density at radius 3 is 2.52 bits per heavy atom. The molecule has 7 nitrogen and oxygen atoms in total. The second-order valence-electron chi connectivity index (χ2n) is 5.90. The molecular formula is C19H27N2O5P. The summed E-state index contributed by atoms with van der Waals surface area (Å²) >= 11 is 0. The fourth-order valence-electron chi connectivity index (χ4n) is 2.79. The number of pyridine rings is 1. The maximum atomic E-state index is 13.5. The van der Waals surface area contributed by atoms with Crippen molar-refractivity contribution in [2.45, 2.75) is 26.4 Å². The highest BCUT2D eigenvalue weighted by atomic mass is 31.2. The number of anilines is 1. The molecule has 0 aliphatic rings. The van der Waals surface area contributed by atoms with E-state index in [0.29, 0.717) is 23.4 Å². The Kier molecular flexibility index (Phi) is 7.66. The van der Waals surface area contributed by atoms with E-state index in [2.05, 4.69) is 10.3 Å². The van der Waals surface area contributed by atoms with Gasteiger partial charge in [-0.3, -0.25) is 9.55 Å². The number of phenolic OH excluding ortho intramolecular Hbond substituents is 1. The number of aromatic hydroxyl groups is 1. The number of aromatic nitrogens is 1. The third kappa shape index (κ3) is 5.22. The first kappa shape index (κ1) is 21.2. The van der Waals surface area contributed by atoms with Crippen LogP contribution in [-0.2, 0) is 13.6 Å². The Bertz CT molecular complexity index is 775. The van der Waals surface area contributed by atoms with Gasteiger partial charge in [-0.15, -0.1) is 0 Å². The van der Waals surface area contributed by atoms with Crippen molar-refractivity contribution in [2.24, 2.45) is 0 Å². The number of phenols is 1. The van der Waals surface area contributed by atoms with Gasteiger partial charge in [0, 0.05) is 18.9 Å². The summed E-state index contributed by atoms with van der Waals surface area (Å²) in [6, 6.07) is 7.13. The first-order chi connectivity index (χ1) is 12.9. The molecule has 0 aliphatic carbocycles. The highest BCUT2D eigenvalue weighted by Crippen LogP contribution is 2.61. The van der Waals surface area contributed by atoms with Crippen LogP contribution < -0.4 is 10.1 Å². The SMILES string of the molecule is CCOP(=O)(OCC)C(CNc1cccnc1)c1cc(C)c(O)c(OC)c1. The van der Waals surface area contributed by atoms with Crippen molar-refractivity contribution >= 4 is 13.3 Å². The minimum absolute atomic E-state index is 0.0582. The summed E-state index contributed by atoms with van der Waals surface area (Å²) in [4.78, 5) is 4.08. The molecule has 1 aromatic carbocycles. The smallest absolute Gasteiger partial charge is 0.339 e. The number of ether oxygens (including phenoxy) is 1. The molecule has 1 atom stereocenters. The molecule has 1 unspecified atom stereocenters. The van der Waals surface area contributed by atoms with Crippen LogP contribution >= 0.6 is 7.60 Å². The minimum atomic E-state index is -3.47. The second-order valence-corrected chi connectivity index (χ2v) is 8.12. The summed E-state index contributed by atoms with van der Waals surface area (Å²) in [5.74, 6) is 0.374. The molecule has 1 heterocycles. The summed E-state index contributed by atoms with van der Waals surface area (Å²) in [6.07, 6.45) is 3.37. The quantitative estimate of drug-likeness (QED) is 0.573. The fourth-order valence-corrected chi connectivity index (χ4v) is 4.78. The van der Waals surface area contributed by atoms with Crippen molar-refractivity contribution < 1.29 is 23.5 Å². The molecule has 0 amide bonds. The van der Waals surface area contributed by atoms with Crippen LogP contribution in [0.4, 0.5) is 5.69 Å². The van der Waals surface area contributed by atoms with Gasteiger partial charge in [0.25, 0.3) is 0 Å². The lowest BCUT2D eigenvalue weighted by atomic mass is 10.1. The summed E-state index contributed by atoms with van der Waals surface area (Å²) in [6.45, 7) is 6.14. The van der Waals surface area contributed by atoms with Crippen LogP contribution in [0.3, 0.4) is 0 Å². The maximum Gasteiger partial charge on any atom is 0.339 e. The molecule has 1 aromatic heterocycles. The molecule has 148 valence electrons. The van der Waals surface area contributed by atoms with Crippen molar-refractivity contribution in [3.05, 3.63) is 47.8 Å². The minimum Gasteiger partial charge on any atom is -0.504 e. The van der Waals surface area contributed by atoms with E-state index < -0.39 is 13.3 Å². The number of benzene rings is 1. The summed E-state index contributed by atoms with van der Waals surface area (Å²) in [7, 11) is -2.00. The Labute approximate surface area is 160 Å². The van der Waals surface area contributed by atoms with Crippen molar-refractivity contribution in [1.29, 1.82) is 0 Å². The normalized spacial score (nSPS) is 12.6. The molecular weight excluding hydrogens is 367 g/mol. The largest absolute Gasteiger partial charge is 0.504 e. The predicted octanol–water partition coefficient (Wildman–Crippen LogP) is 4.52. The molecule has 0 radical (unpaired) electrons. The van der Waals surface area contributed by atoms with Crippen molar-refractivity contribution in [2.75, 3.05) is 32.2 Å². The van der Waals surface area contributed by atoms with E-state index in [-0.39, 0.29) is 19.0 Å². The predicted molar refractivity (Wildman–Crippen MR) is 106 cm³/mol. The van der Waals surface area contributed by atoms with Crippen LogP contribution in [0.2, 0.25) is 0 Å². The van der Waals surface area contributed by atoms with Gasteiger partial charge in [-0.1, -0.05) is 6.07 Å². The van der Waals surface area contributed by atoms with Gasteiger partial charge in [0.05, 0.1) is 26.0 Å². The Morgan fingerprint density at radius 1 is 1.26 bits per heavy atom. The number of nitrogens with zero attached hydrogens (tertiary/aromatic N) is 1. The highest BCUT2D eigenvalue weighted by Gasteiger charge is 2.37. The number of nitrogens with one attached hydrogen (secondary N) is 1. The van der Waals surface area contributed by atoms with E-state index in [9.17, 15) is 9.67 Å². The van der Waals surface area contributed by atoms with Gasteiger partial charge in [0.15, 0.2) is 11.5 Å². The molecule has 0 saturated heterocycles. The third-order valence-corrected chi connectivity index (χ3v) is 6.53. The van der Waals surface area contributed by atoms with Gasteiger partial charge in [-0.05, 0) is 50.1 Å². The third-order valence-electron chi connectivity index (χ3n) is 4.05. The molecule has 2 rings (SSSR count). The lowest BCUT2D eigenvalue weighted by Gasteiger charge is -2.28. The van der Waals surface area contributed by atoms with Gasteiger partial charge in [-0.2, -0.15) is 0 Å². The Balaban J connectivity index is 2.45. The van der Waals surface area contributed by atoms with Crippen LogP contribution in [-0.4, -0.2) is 37.0 Å². The average Bonchev–Trinajstić information content (AvgIpc) is 2.65. The number of hydrogen-bond donors (Lipinski definition) is 2. The van der Waals surface area contributed by atoms with Crippen LogP contribution in [0.5, 0.6) is 11.5 Å². The summed E-state index contributed by atoms with van der Waals surface area (Å²) in [5.41, 5.74) is 1.52. The lowest BCUT2D eigenvalue weighted by molar-refractivity contribution is 0.213. The van der Waals surface area contributed by atoms with E-state index >= 15 is 0 Å². The molecule has 27 heavy (non-hydrogen) atoms. The van der Waals surface area contributed by atoms with E-state index in [1.165, 1.54) is 7.11 Å². The van der Waals surface area contributed by atoms with Gasteiger partial charge in [0.2, 0.25) is 0 Å². The molecule has 0 fully saturated rings. The average molecular weight is 394 g/mol. The fraction of sp³-hybridized carbons (Fsp3) is 0.421. The number of rotatable bonds is 10. The number of aryl methyl sites for hydroxylation is 1. The van der Waals surface area contributed by atoms with Crippen LogP contribution in [0.15, 0.2) is 36.7 Å². The molecule has 0 bridgehead atoms. The monoisotopic (exact) mass is 394 g/mol. The lowest BCUT2D eigenvalue weighted by Crippen LogP contribution is -2.17. The molecule has 0 aliphatic heterocycles. The van der Waals surface area contributed by atoms with Gasteiger partial charge in [0.1, 0.15) is 5.66 Å². The first-order valence-electron chi connectivity index (χ1n) is 8.85. The van der Waals surface area contributed by atoms with E-state index in [1.807, 2.05) is 12.1 Å². The Morgan fingerprint density at radius 2 is 1.96 bits per heavy atom. The molecule has 0 spiro atoms. The van der Waals surface area contributed by atoms with Crippen LogP contribution in [0.25, 0.3) is 0 Å². The van der Waals surface area contributed by atoms with Crippen molar-refractivity contribution in [3.63, 3.8) is 0 Å². The maximum absolute atomic E-state index is 13.5. The van der Waals surface area contributed by atoms with Gasteiger partial charge < -0.3 is 24.2 Å². The standard InChI is InChI=1S/C19H27N2O5P/c1-5-25-27(23,26-6-2)18(13-21-16-8-7-9-20-12-16)15-10-14(3)19(22)17(11-15)24-4/h7-12,18,21-22H,5-6,13H2,1-4H3. The zero-order valence-corrected chi connectivity index (χ0v) is 17.0. The highest BCUT2D eigenvalue weighted by molar-refractivity contribution is 7.54.